The number of ether oxygens (including phenoxy) is 1. The fraction of sp³-hybridized carbons (Fsp3) is 0.600. The Labute approximate surface area is 110 Å². The van der Waals surface area contributed by atoms with Crippen molar-refractivity contribution in [2.75, 3.05) is 19.8 Å². The van der Waals surface area contributed by atoms with Gasteiger partial charge in [-0.1, -0.05) is 44.2 Å². The molecule has 1 aromatic rings. The number of rotatable bonds is 8. The summed E-state index contributed by atoms with van der Waals surface area (Å²) in [6.45, 7) is 8.29. The van der Waals surface area contributed by atoms with Crippen LogP contribution in [0.2, 0.25) is 0 Å². The van der Waals surface area contributed by atoms with Crippen molar-refractivity contribution in [3.63, 3.8) is 0 Å². The van der Waals surface area contributed by atoms with Gasteiger partial charge < -0.3 is 15.2 Å². The molecular weight excluding hydrogens is 226 g/mol. The maximum Gasteiger partial charge on any atom is 0.0914 e. The molecule has 102 valence electrons. The molecule has 0 saturated carbocycles. The molecule has 0 aromatic heterocycles. The third-order valence-corrected chi connectivity index (χ3v) is 3.06. The SMILES string of the molecule is CCOCC(NCC(O)c1ccccc1)C(C)C. The average molecular weight is 251 g/mol. The second kappa shape index (κ2) is 8.25. The lowest BCUT2D eigenvalue weighted by molar-refractivity contribution is 0.0970. The van der Waals surface area contributed by atoms with E-state index >= 15 is 0 Å². The van der Waals surface area contributed by atoms with Crippen LogP contribution in [0.1, 0.15) is 32.4 Å². The van der Waals surface area contributed by atoms with Gasteiger partial charge in [-0.3, -0.25) is 0 Å². The molecule has 0 bridgehead atoms. The Kier molecular flexibility index (Phi) is 6.94. The van der Waals surface area contributed by atoms with Crippen molar-refractivity contribution in [1.29, 1.82) is 0 Å². The van der Waals surface area contributed by atoms with Gasteiger partial charge in [0, 0.05) is 19.2 Å². The molecule has 0 fully saturated rings. The predicted molar refractivity (Wildman–Crippen MR) is 74.5 cm³/mol. The van der Waals surface area contributed by atoms with E-state index in [1.165, 1.54) is 0 Å². The van der Waals surface area contributed by atoms with Crippen LogP contribution in [0.25, 0.3) is 0 Å². The highest BCUT2D eigenvalue weighted by Crippen LogP contribution is 2.12. The molecule has 2 N–H and O–H groups in total. The van der Waals surface area contributed by atoms with Crippen LogP contribution in [-0.2, 0) is 4.74 Å². The number of hydrogen-bond acceptors (Lipinski definition) is 3. The van der Waals surface area contributed by atoms with Crippen LogP contribution in [0.4, 0.5) is 0 Å². The van der Waals surface area contributed by atoms with E-state index in [1.54, 1.807) is 0 Å². The van der Waals surface area contributed by atoms with E-state index in [0.717, 1.165) is 12.2 Å². The summed E-state index contributed by atoms with van der Waals surface area (Å²) in [6.07, 6.45) is -0.464. The quantitative estimate of drug-likeness (QED) is 0.745. The van der Waals surface area contributed by atoms with Crippen LogP contribution in [-0.4, -0.2) is 30.9 Å². The number of hydrogen-bond donors (Lipinski definition) is 2. The molecule has 3 nitrogen and oxygen atoms in total. The second-order valence-electron chi connectivity index (χ2n) is 4.84. The van der Waals surface area contributed by atoms with E-state index in [1.807, 2.05) is 37.3 Å². The van der Waals surface area contributed by atoms with Crippen molar-refractivity contribution in [3.8, 4) is 0 Å². The summed E-state index contributed by atoms with van der Waals surface area (Å²) in [5, 5.41) is 13.5. The lowest BCUT2D eigenvalue weighted by atomic mass is 10.0. The van der Waals surface area contributed by atoms with Gasteiger partial charge in [-0.2, -0.15) is 0 Å². The Hall–Kier alpha value is -0.900. The molecule has 0 aliphatic carbocycles. The molecule has 18 heavy (non-hydrogen) atoms. The summed E-state index contributed by atoms with van der Waals surface area (Å²) in [7, 11) is 0. The smallest absolute Gasteiger partial charge is 0.0914 e. The Balaban J connectivity index is 2.42. The highest BCUT2D eigenvalue weighted by atomic mass is 16.5. The zero-order valence-corrected chi connectivity index (χ0v) is 11.6. The minimum atomic E-state index is -0.464. The maximum absolute atomic E-state index is 10.1. The third kappa shape index (κ3) is 5.17. The maximum atomic E-state index is 10.1. The van der Waals surface area contributed by atoms with Crippen molar-refractivity contribution in [1.82, 2.24) is 5.32 Å². The summed E-state index contributed by atoms with van der Waals surface area (Å²) < 4.78 is 5.45. The minimum Gasteiger partial charge on any atom is -0.387 e. The van der Waals surface area contributed by atoms with E-state index in [4.69, 9.17) is 4.74 Å². The topological polar surface area (TPSA) is 41.5 Å². The molecule has 0 aliphatic heterocycles. The van der Waals surface area contributed by atoms with Gasteiger partial charge in [-0.15, -0.1) is 0 Å². The van der Waals surface area contributed by atoms with Crippen LogP contribution >= 0.6 is 0 Å². The lowest BCUT2D eigenvalue weighted by Crippen LogP contribution is -2.40. The van der Waals surface area contributed by atoms with Gasteiger partial charge in [0.1, 0.15) is 0 Å². The van der Waals surface area contributed by atoms with Crippen molar-refractivity contribution in [2.24, 2.45) is 5.92 Å². The van der Waals surface area contributed by atoms with Crippen molar-refractivity contribution in [3.05, 3.63) is 35.9 Å². The van der Waals surface area contributed by atoms with Crippen molar-refractivity contribution >= 4 is 0 Å². The first-order valence-electron chi connectivity index (χ1n) is 6.69. The molecule has 3 heteroatoms. The van der Waals surface area contributed by atoms with E-state index < -0.39 is 6.10 Å². The molecule has 2 atom stereocenters. The first-order chi connectivity index (χ1) is 8.65. The van der Waals surface area contributed by atoms with Crippen molar-refractivity contribution in [2.45, 2.75) is 32.9 Å². The van der Waals surface area contributed by atoms with Crippen LogP contribution < -0.4 is 5.32 Å². The molecule has 1 aromatic carbocycles. The van der Waals surface area contributed by atoms with Gasteiger partial charge in [0.2, 0.25) is 0 Å². The molecule has 0 radical (unpaired) electrons. The predicted octanol–water partition coefficient (Wildman–Crippen LogP) is 2.37. The van der Waals surface area contributed by atoms with Gasteiger partial charge in [-0.05, 0) is 18.4 Å². The first kappa shape index (κ1) is 15.2. The second-order valence-corrected chi connectivity index (χ2v) is 4.84. The fourth-order valence-electron chi connectivity index (χ4n) is 1.79. The Bertz CT molecular complexity index is 314. The van der Waals surface area contributed by atoms with Gasteiger partial charge in [0.15, 0.2) is 0 Å². The highest BCUT2D eigenvalue weighted by Gasteiger charge is 2.15. The zero-order valence-electron chi connectivity index (χ0n) is 11.6. The standard InChI is InChI=1S/C15H25NO2/c1-4-18-11-14(12(2)3)16-10-15(17)13-8-6-5-7-9-13/h5-9,12,14-17H,4,10-11H2,1-3H3. The summed E-state index contributed by atoms with van der Waals surface area (Å²) in [6, 6.07) is 10.0. The van der Waals surface area contributed by atoms with Crippen LogP contribution in [0.5, 0.6) is 0 Å². The largest absolute Gasteiger partial charge is 0.387 e. The molecule has 0 aliphatic rings. The molecule has 1 rings (SSSR count). The highest BCUT2D eigenvalue weighted by molar-refractivity contribution is 5.17. The van der Waals surface area contributed by atoms with Gasteiger partial charge in [-0.25, -0.2) is 0 Å². The minimum absolute atomic E-state index is 0.281. The van der Waals surface area contributed by atoms with E-state index in [0.29, 0.717) is 19.1 Å². The fourth-order valence-corrected chi connectivity index (χ4v) is 1.79. The summed E-state index contributed by atoms with van der Waals surface area (Å²) >= 11 is 0. The first-order valence-corrected chi connectivity index (χ1v) is 6.69. The van der Waals surface area contributed by atoms with Gasteiger partial charge in [0.25, 0.3) is 0 Å². The summed E-state index contributed by atoms with van der Waals surface area (Å²) in [5.41, 5.74) is 0.948. The molecule has 0 spiro atoms. The number of nitrogens with one attached hydrogen (secondary N) is 1. The Morgan fingerprint density at radius 3 is 2.44 bits per heavy atom. The Morgan fingerprint density at radius 1 is 1.22 bits per heavy atom. The molecular formula is C15H25NO2. The summed E-state index contributed by atoms with van der Waals surface area (Å²) in [4.78, 5) is 0. The third-order valence-electron chi connectivity index (χ3n) is 3.06. The lowest BCUT2D eigenvalue weighted by Gasteiger charge is -2.24. The average Bonchev–Trinajstić information content (AvgIpc) is 2.39. The molecule has 2 unspecified atom stereocenters. The Morgan fingerprint density at radius 2 is 1.89 bits per heavy atom. The zero-order chi connectivity index (χ0) is 13.4. The van der Waals surface area contributed by atoms with E-state index in [9.17, 15) is 5.11 Å². The van der Waals surface area contributed by atoms with Crippen LogP contribution in [0.3, 0.4) is 0 Å². The monoisotopic (exact) mass is 251 g/mol. The number of benzene rings is 1. The van der Waals surface area contributed by atoms with Gasteiger partial charge >= 0.3 is 0 Å². The summed E-state index contributed by atoms with van der Waals surface area (Å²) in [5.74, 6) is 0.486. The normalized spacial score (nSPS) is 14.7. The van der Waals surface area contributed by atoms with Crippen LogP contribution in [0.15, 0.2) is 30.3 Å². The van der Waals surface area contributed by atoms with E-state index in [2.05, 4.69) is 19.2 Å². The van der Waals surface area contributed by atoms with Crippen LogP contribution in [0, 0.1) is 5.92 Å². The molecule has 0 saturated heterocycles. The van der Waals surface area contributed by atoms with Crippen molar-refractivity contribution < 1.29 is 9.84 Å². The van der Waals surface area contributed by atoms with Gasteiger partial charge in [0.05, 0.1) is 12.7 Å². The number of aliphatic hydroxyl groups excluding tert-OH is 1. The number of aliphatic hydroxyl groups is 1. The van der Waals surface area contributed by atoms with E-state index in [-0.39, 0.29) is 6.04 Å². The molecule has 0 amide bonds. The molecule has 0 heterocycles.